The number of halogens is 2. The third-order valence-electron chi connectivity index (χ3n) is 3.79. The third kappa shape index (κ3) is 4.46. The van der Waals surface area contributed by atoms with Gasteiger partial charge in [-0.15, -0.1) is 24.8 Å². The monoisotopic (exact) mass is 334 g/mol. The third-order valence-corrected chi connectivity index (χ3v) is 3.79. The van der Waals surface area contributed by atoms with Gasteiger partial charge in [0, 0.05) is 33.4 Å². The number of rotatable bonds is 3. The van der Waals surface area contributed by atoms with E-state index in [0.717, 1.165) is 25.3 Å². The Morgan fingerprint density at radius 1 is 1.43 bits per heavy atom. The van der Waals surface area contributed by atoms with Crippen molar-refractivity contribution in [2.75, 3.05) is 38.6 Å². The smallest absolute Gasteiger partial charge is 0.255 e. The summed E-state index contributed by atoms with van der Waals surface area (Å²) < 4.78 is 0. The van der Waals surface area contributed by atoms with Gasteiger partial charge in [0.05, 0.1) is 5.56 Å². The number of nitrogens with zero attached hydrogens (tertiary/aromatic N) is 3. The molecule has 2 N–H and O–H groups in total. The molecular formula is C14H24Cl2N4O. The number of anilines is 1. The van der Waals surface area contributed by atoms with Gasteiger partial charge in [-0.05, 0) is 30.5 Å². The van der Waals surface area contributed by atoms with E-state index >= 15 is 0 Å². The van der Waals surface area contributed by atoms with Crippen molar-refractivity contribution in [3.63, 3.8) is 0 Å². The molecule has 0 saturated carbocycles. The Bertz CT molecular complexity index is 467. The van der Waals surface area contributed by atoms with E-state index in [0.29, 0.717) is 12.1 Å². The van der Waals surface area contributed by atoms with E-state index in [1.54, 1.807) is 6.20 Å². The van der Waals surface area contributed by atoms with Gasteiger partial charge in [-0.1, -0.05) is 6.92 Å². The van der Waals surface area contributed by atoms with Crippen molar-refractivity contribution in [1.29, 1.82) is 0 Å². The molecule has 1 aliphatic heterocycles. The van der Waals surface area contributed by atoms with Gasteiger partial charge in [0.2, 0.25) is 0 Å². The maximum Gasteiger partial charge on any atom is 0.255 e. The minimum atomic E-state index is 0. The highest BCUT2D eigenvalue weighted by molar-refractivity contribution is 5.94. The zero-order valence-corrected chi connectivity index (χ0v) is 14.3. The highest BCUT2D eigenvalue weighted by atomic mass is 35.5. The van der Waals surface area contributed by atoms with Crippen LogP contribution in [0.2, 0.25) is 0 Å². The molecule has 7 heteroatoms. The Morgan fingerprint density at radius 3 is 2.52 bits per heavy atom. The van der Waals surface area contributed by atoms with Crippen molar-refractivity contribution in [3.05, 3.63) is 23.9 Å². The Kier molecular flexibility index (Phi) is 7.44. The van der Waals surface area contributed by atoms with Gasteiger partial charge in [0.25, 0.3) is 5.91 Å². The number of amides is 1. The molecule has 1 aromatic rings. The lowest BCUT2D eigenvalue weighted by Gasteiger charge is -2.22. The number of pyridine rings is 1. The molecule has 5 nitrogen and oxygen atoms in total. The lowest BCUT2D eigenvalue weighted by Crippen LogP contribution is -2.34. The fourth-order valence-corrected chi connectivity index (χ4v) is 2.32. The standard InChI is InChI=1S/C14H22N4O.2ClH/c1-14(9-15)6-7-18(10-14)13(19)11-4-5-12(16-8-11)17(2)3;;/h4-5,8H,6-7,9-10,15H2,1-3H3;2*1H. The molecule has 120 valence electrons. The van der Waals surface area contributed by atoms with Crippen LogP contribution in [0.15, 0.2) is 18.3 Å². The molecule has 0 spiro atoms. The fourth-order valence-electron chi connectivity index (χ4n) is 2.32. The predicted octanol–water partition coefficient (Wildman–Crippen LogP) is 1.80. The second-order valence-electron chi connectivity index (χ2n) is 5.79. The number of nitrogens with two attached hydrogens (primary N) is 1. The average Bonchev–Trinajstić information content (AvgIpc) is 2.81. The first-order chi connectivity index (χ1) is 8.95. The number of hydrogen-bond acceptors (Lipinski definition) is 4. The zero-order valence-electron chi connectivity index (χ0n) is 12.7. The number of likely N-dealkylation sites (tertiary alicyclic amines) is 1. The van der Waals surface area contributed by atoms with Crippen molar-refractivity contribution in [2.24, 2.45) is 11.1 Å². The van der Waals surface area contributed by atoms with E-state index in [9.17, 15) is 4.79 Å². The van der Waals surface area contributed by atoms with Crippen LogP contribution < -0.4 is 10.6 Å². The van der Waals surface area contributed by atoms with Crippen molar-refractivity contribution in [3.8, 4) is 0 Å². The fraction of sp³-hybridized carbons (Fsp3) is 0.571. The first-order valence-electron chi connectivity index (χ1n) is 6.58. The minimum Gasteiger partial charge on any atom is -0.363 e. The molecule has 0 aliphatic carbocycles. The van der Waals surface area contributed by atoms with E-state index in [4.69, 9.17) is 5.73 Å². The molecule has 1 amide bonds. The molecule has 1 atom stereocenters. The van der Waals surface area contributed by atoms with E-state index in [-0.39, 0.29) is 36.1 Å². The van der Waals surface area contributed by atoms with Gasteiger partial charge in [-0.2, -0.15) is 0 Å². The largest absolute Gasteiger partial charge is 0.363 e. The SMILES string of the molecule is CN(C)c1ccc(C(=O)N2CCC(C)(CN)C2)cn1.Cl.Cl. The quantitative estimate of drug-likeness (QED) is 0.915. The van der Waals surface area contributed by atoms with Gasteiger partial charge >= 0.3 is 0 Å². The molecule has 0 radical (unpaired) electrons. The van der Waals surface area contributed by atoms with Crippen molar-refractivity contribution < 1.29 is 4.79 Å². The van der Waals surface area contributed by atoms with Crippen molar-refractivity contribution >= 4 is 36.5 Å². The summed E-state index contributed by atoms with van der Waals surface area (Å²) in [5.41, 5.74) is 6.47. The summed E-state index contributed by atoms with van der Waals surface area (Å²) in [5.74, 6) is 0.903. The lowest BCUT2D eigenvalue weighted by atomic mass is 9.90. The average molecular weight is 335 g/mol. The molecule has 1 fully saturated rings. The molecule has 1 aliphatic rings. The minimum absolute atomic E-state index is 0. The van der Waals surface area contributed by atoms with E-state index in [1.165, 1.54) is 0 Å². The molecule has 0 aromatic carbocycles. The molecule has 2 heterocycles. The molecule has 1 saturated heterocycles. The maximum absolute atomic E-state index is 12.4. The van der Waals surface area contributed by atoms with Crippen molar-refractivity contribution in [1.82, 2.24) is 9.88 Å². The van der Waals surface area contributed by atoms with E-state index < -0.39 is 0 Å². The van der Waals surface area contributed by atoms with Gasteiger partial charge in [0.1, 0.15) is 5.82 Å². The summed E-state index contributed by atoms with van der Waals surface area (Å²) in [6, 6.07) is 3.70. The van der Waals surface area contributed by atoms with E-state index in [2.05, 4.69) is 11.9 Å². The van der Waals surface area contributed by atoms with Crippen LogP contribution in [-0.4, -0.2) is 49.5 Å². The van der Waals surface area contributed by atoms with Gasteiger partial charge in [-0.3, -0.25) is 4.79 Å². The topological polar surface area (TPSA) is 62.5 Å². The molecule has 2 rings (SSSR count). The molecular weight excluding hydrogens is 311 g/mol. The number of aromatic nitrogens is 1. The summed E-state index contributed by atoms with van der Waals surface area (Å²) in [4.78, 5) is 20.4. The maximum atomic E-state index is 12.4. The van der Waals surface area contributed by atoms with Crippen LogP contribution in [0.25, 0.3) is 0 Å². The second-order valence-corrected chi connectivity index (χ2v) is 5.79. The van der Waals surface area contributed by atoms with Crippen LogP contribution in [-0.2, 0) is 0 Å². The van der Waals surface area contributed by atoms with Crippen LogP contribution >= 0.6 is 24.8 Å². The van der Waals surface area contributed by atoms with Gasteiger partial charge in [0.15, 0.2) is 0 Å². The predicted molar refractivity (Wildman–Crippen MR) is 90.7 cm³/mol. The molecule has 0 bridgehead atoms. The Balaban J connectivity index is 0.00000200. The first kappa shape index (κ1) is 20.0. The highest BCUT2D eigenvalue weighted by Gasteiger charge is 2.35. The van der Waals surface area contributed by atoms with E-state index in [1.807, 2.05) is 36.0 Å². The van der Waals surface area contributed by atoms with Crippen LogP contribution in [0.5, 0.6) is 0 Å². The Morgan fingerprint density at radius 2 is 2.10 bits per heavy atom. The summed E-state index contributed by atoms with van der Waals surface area (Å²) >= 11 is 0. The zero-order chi connectivity index (χ0) is 14.0. The normalized spacial score (nSPS) is 20.5. The number of carbonyl (C=O) groups excluding carboxylic acids is 1. The summed E-state index contributed by atoms with van der Waals surface area (Å²) in [6.45, 7) is 4.27. The lowest BCUT2D eigenvalue weighted by molar-refractivity contribution is 0.0776. The van der Waals surface area contributed by atoms with Crippen LogP contribution in [0.3, 0.4) is 0 Å². The highest BCUT2D eigenvalue weighted by Crippen LogP contribution is 2.29. The molecule has 1 unspecified atom stereocenters. The van der Waals surface area contributed by atoms with Crippen LogP contribution in [0.4, 0.5) is 5.82 Å². The van der Waals surface area contributed by atoms with Crippen molar-refractivity contribution in [2.45, 2.75) is 13.3 Å². The number of carbonyl (C=O) groups is 1. The summed E-state index contributed by atoms with van der Waals surface area (Å²) in [6.07, 6.45) is 2.62. The molecule has 1 aromatic heterocycles. The van der Waals surface area contributed by atoms with Crippen LogP contribution in [0.1, 0.15) is 23.7 Å². The summed E-state index contributed by atoms with van der Waals surface area (Å²) in [7, 11) is 3.86. The summed E-state index contributed by atoms with van der Waals surface area (Å²) in [5, 5.41) is 0. The first-order valence-corrected chi connectivity index (χ1v) is 6.58. The van der Waals surface area contributed by atoms with Gasteiger partial charge < -0.3 is 15.5 Å². The molecule has 21 heavy (non-hydrogen) atoms. The Hall–Kier alpha value is -1.04. The second kappa shape index (κ2) is 7.82. The number of hydrogen-bond donors (Lipinski definition) is 1. The Labute approximate surface area is 138 Å². The van der Waals surface area contributed by atoms with Crippen LogP contribution in [0, 0.1) is 5.41 Å². The van der Waals surface area contributed by atoms with Gasteiger partial charge in [-0.25, -0.2) is 4.98 Å².